The largest absolute Gasteiger partial charge is 0.454 e. The normalized spacial score (nSPS) is 20.0. The van der Waals surface area contributed by atoms with Gasteiger partial charge in [0.15, 0.2) is 12.4 Å². The summed E-state index contributed by atoms with van der Waals surface area (Å²) in [4.78, 5) is 26.5. The molecule has 1 aliphatic heterocycles. The number of carbonyl (C=O) groups is 2. The first kappa shape index (κ1) is 72.3. The Morgan fingerprint density at radius 3 is 1.51 bits per heavy atom. The van der Waals surface area contributed by atoms with Crippen molar-refractivity contribution in [2.75, 3.05) is 13.2 Å². The maximum absolute atomic E-state index is 13.4. The number of hydrogen-bond donors (Lipinski definition) is 6. The Morgan fingerprint density at radius 2 is 0.975 bits per heavy atom. The molecule has 0 aliphatic carbocycles. The van der Waals surface area contributed by atoms with Gasteiger partial charge in [-0.2, -0.15) is 0 Å². The summed E-state index contributed by atoms with van der Waals surface area (Å²) in [5, 5.41) is 56.9. The molecular formula is C68H107NO10. The Morgan fingerprint density at radius 1 is 0.519 bits per heavy atom. The number of carbonyl (C=O) groups excluding carboxylic acids is 2. The second kappa shape index (κ2) is 53.9. The van der Waals surface area contributed by atoms with Gasteiger partial charge in [0, 0.05) is 6.42 Å². The molecule has 444 valence electrons. The number of aliphatic hydroxyl groups excluding tert-OH is 5. The van der Waals surface area contributed by atoms with Crippen LogP contribution in [0.2, 0.25) is 0 Å². The maximum Gasteiger partial charge on any atom is 0.306 e. The molecule has 11 nitrogen and oxygen atoms in total. The molecule has 1 heterocycles. The van der Waals surface area contributed by atoms with E-state index in [1.54, 1.807) is 6.08 Å². The van der Waals surface area contributed by atoms with E-state index >= 15 is 0 Å². The quantitative estimate of drug-likeness (QED) is 0.0149. The Kier molecular flexibility index (Phi) is 49.3. The van der Waals surface area contributed by atoms with Crippen molar-refractivity contribution >= 4 is 11.9 Å². The van der Waals surface area contributed by atoms with Crippen molar-refractivity contribution in [3.8, 4) is 0 Å². The summed E-state index contributed by atoms with van der Waals surface area (Å²) in [5.74, 6) is -1.30. The molecule has 1 aliphatic rings. The number of ether oxygens (including phenoxy) is 3. The van der Waals surface area contributed by atoms with Crippen LogP contribution >= 0.6 is 0 Å². The Bertz CT molecular complexity index is 1880. The zero-order chi connectivity index (χ0) is 57.5. The molecule has 0 radical (unpaired) electrons. The molecule has 1 saturated heterocycles. The minimum Gasteiger partial charge on any atom is -0.454 e. The zero-order valence-corrected chi connectivity index (χ0v) is 48.9. The monoisotopic (exact) mass is 1100 g/mol. The van der Waals surface area contributed by atoms with Crippen molar-refractivity contribution in [3.63, 3.8) is 0 Å². The summed E-state index contributed by atoms with van der Waals surface area (Å²) in [5.41, 5.74) is 0. The summed E-state index contributed by atoms with van der Waals surface area (Å²) in [6.07, 6.45) is 68.5. The number of amides is 1. The van der Waals surface area contributed by atoms with Crippen LogP contribution in [-0.4, -0.2) is 99.6 Å². The standard InChI is InChI=1S/C68H107NO10/c1-4-7-10-13-16-19-22-25-27-29-30-31-33-34-37-40-43-46-49-52-55-61(72)67(76)69-59(60(71)54-51-48-45-42-39-36-24-21-18-15-12-9-6-3)58-77-68-66(65(75)64(74)62(57-70)78-68)79-63(73)56-53-50-47-44-41-38-35-32-28-26-23-20-17-14-11-8-5-2/h7-8,10-11,14,16-17,19-20,23,25-28,30-32,34-35,37-38,41,43,46,51,54,59-62,64-66,68,70-72,74-75H,4-6,9,12-13,15,18,21-22,24,29,33,36,39-40,42,44-45,47-50,52-53,55-58H2,1-3H3,(H,69,76)/b10-7-,11-8-,17-14+,19-16-,23-20+,27-25-,28-26-,31-30-,35-32+,37-34-,41-38+,46-43-,54-51+. The number of nitrogens with one attached hydrogen (secondary N) is 1. The SMILES string of the molecule is CC\C=C/C=C/C=C/C=C\C=C\C=C\CCCCCC(=O)OC1C(OCC(NC(=O)C(O)CCC/C=C\C/C=C\C/C=C\C/C=C\C/C=C\C/C=C\CC)C(O)/C=C/CCCCCCCCCCCCC)OC(CO)C(O)C1O. The summed E-state index contributed by atoms with van der Waals surface area (Å²) in [6, 6.07) is -1.07. The lowest BCUT2D eigenvalue weighted by Gasteiger charge is -2.41. The van der Waals surface area contributed by atoms with Gasteiger partial charge in [0.1, 0.15) is 24.4 Å². The lowest BCUT2D eigenvalue weighted by atomic mass is 9.99. The summed E-state index contributed by atoms with van der Waals surface area (Å²) in [6.45, 7) is 5.45. The van der Waals surface area contributed by atoms with Crippen molar-refractivity contribution < 1.29 is 49.3 Å². The lowest BCUT2D eigenvalue weighted by Crippen LogP contribution is -2.61. The van der Waals surface area contributed by atoms with Crippen LogP contribution in [0.5, 0.6) is 0 Å². The molecule has 1 rings (SSSR count). The van der Waals surface area contributed by atoms with Crippen molar-refractivity contribution in [2.24, 2.45) is 0 Å². The molecule has 8 unspecified atom stereocenters. The maximum atomic E-state index is 13.4. The zero-order valence-electron chi connectivity index (χ0n) is 48.9. The molecular weight excluding hydrogens is 991 g/mol. The van der Waals surface area contributed by atoms with Gasteiger partial charge in [-0.05, 0) is 96.3 Å². The summed E-state index contributed by atoms with van der Waals surface area (Å²) >= 11 is 0. The topological polar surface area (TPSA) is 175 Å². The van der Waals surface area contributed by atoms with Crippen molar-refractivity contribution in [3.05, 3.63) is 158 Å². The van der Waals surface area contributed by atoms with Crippen molar-refractivity contribution in [2.45, 2.75) is 243 Å². The predicted octanol–water partition coefficient (Wildman–Crippen LogP) is 14.4. The third-order valence-electron chi connectivity index (χ3n) is 13.1. The Labute approximate surface area is 478 Å². The van der Waals surface area contributed by atoms with Crippen LogP contribution in [0.1, 0.15) is 194 Å². The van der Waals surface area contributed by atoms with E-state index in [1.807, 2.05) is 72.9 Å². The Balaban J connectivity index is 2.79. The second-order valence-electron chi connectivity index (χ2n) is 20.1. The van der Waals surface area contributed by atoms with Gasteiger partial charge in [0.2, 0.25) is 5.91 Å². The van der Waals surface area contributed by atoms with Crippen LogP contribution in [0.4, 0.5) is 0 Å². The van der Waals surface area contributed by atoms with Crippen LogP contribution in [0.15, 0.2) is 158 Å². The molecule has 1 amide bonds. The van der Waals surface area contributed by atoms with Gasteiger partial charge in [-0.15, -0.1) is 0 Å². The summed E-state index contributed by atoms with van der Waals surface area (Å²) < 4.78 is 17.5. The fourth-order valence-electron chi connectivity index (χ4n) is 8.34. The third-order valence-corrected chi connectivity index (χ3v) is 13.1. The fraction of sp³-hybridized carbons (Fsp3) is 0.588. The van der Waals surface area contributed by atoms with Crippen LogP contribution in [0.3, 0.4) is 0 Å². The molecule has 0 aromatic heterocycles. The van der Waals surface area contributed by atoms with Gasteiger partial charge in [-0.3, -0.25) is 9.59 Å². The number of unbranched alkanes of at least 4 members (excludes halogenated alkanes) is 15. The van der Waals surface area contributed by atoms with E-state index in [0.717, 1.165) is 89.9 Å². The average molecular weight is 1100 g/mol. The first-order valence-electron chi connectivity index (χ1n) is 30.3. The van der Waals surface area contributed by atoms with E-state index in [2.05, 4.69) is 105 Å². The van der Waals surface area contributed by atoms with Gasteiger partial charge < -0.3 is 45.1 Å². The van der Waals surface area contributed by atoms with Crippen molar-refractivity contribution in [1.82, 2.24) is 5.32 Å². The molecule has 0 saturated carbocycles. The molecule has 0 aromatic rings. The van der Waals surface area contributed by atoms with Gasteiger partial charge in [-0.1, -0.05) is 249 Å². The Hall–Kier alpha value is -4.72. The molecule has 6 N–H and O–H groups in total. The molecule has 0 bridgehead atoms. The summed E-state index contributed by atoms with van der Waals surface area (Å²) in [7, 11) is 0. The van der Waals surface area contributed by atoms with Crippen molar-refractivity contribution in [1.29, 1.82) is 0 Å². The molecule has 11 heteroatoms. The molecule has 0 aromatic carbocycles. The highest BCUT2D eigenvalue weighted by atomic mass is 16.7. The predicted molar refractivity (Wildman–Crippen MR) is 328 cm³/mol. The molecule has 8 atom stereocenters. The number of aliphatic hydroxyl groups is 5. The molecule has 1 fully saturated rings. The van der Waals surface area contributed by atoms with E-state index in [4.69, 9.17) is 14.2 Å². The first-order chi connectivity index (χ1) is 38.7. The number of allylic oxidation sites excluding steroid dienone is 25. The molecule has 79 heavy (non-hydrogen) atoms. The number of hydrogen-bond acceptors (Lipinski definition) is 10. The lowest BCUT2D eigenvalue weighted by molar-refractivity contribution is -0.305. The fourth-order valence-corrected chi connectivity index (χ4v) is 8.34. The first-order valence-corrected chi connectivity index (χ1v) is 30.3. The second-order valence-corrected chi connectivity index (χ2v) is 20.1. The highest BCUT2D eigenvalue weighted by molar-refractivity contribution is 5.80. The van der Waals surface area contributed by atoms with E-state index in [1.165, 1.54) is 51.4 Å². The van der Waals surface area contributed by atoms with Crippen LogP contribution < -0.4 is 5.32 Å². The molecule has 0 spiro atoms. The smallest absolute Gasteiger partial charge is 0.306 e. The van der Waals surface area contributed by atoms with Gasteiger partial charge >= 0.3 is 5.97 Å². The highest BCUT2D eigenvalue weighted by Gasteiger charge is 2.47. The highest BCUT2D eigenvalue weighted by Crippen LogP contribution is 2.26. The average Bonchev–Trinajstić information content (AvgIpc) is 3.49. The van der Waals surface area contributed by atoms with Gasteiger partial charge in [-0.25, -0.2) is 0 Å². The third kappa shape index (κ3) is 41.9. The van der Waals surface area contributed by atoms with Gasteiger partial charge in [0.05, 0.1) is 25.4 Å². The van der Waals surface area contributed by atoms with E-state index in [-0.39, 0.29) is 19.4 Å². The van der Waals surface area contributed by atoms with Crippen LogP contribution in [0.25, 0.3) is 0 Å². The minimum absolute atomic E-state index is 0.0563. The number of rotatable bonds is 48. The van der Waals surface area contributed by atoms with Gasteiger partial charge in [0.25, 0.3) is 0 Å². The van der Waals surface area contributed by atoms with Crippen LogP contribution in [0, 0.1) is 0 Å². The van der Waals surface area contributed by atoms with E-state index in [0.29, 0.717) is 19.3 Å². The van der Waals surface area contributed by atoms with E-state index < -0.39 is 67.4 Å². The van der Waals surface area contributed by atoms with E-state index in [9.17, 15) is 35.1 Å². The van der Waals surface area contributed by atoms with Crippen LogP contribution in [-0.2, 0) is 23.8 Å². The minimum atomic E-state index is -1.65. The number of esters is 1.